The van der Waals surface area contributed by atoms with E-state index in [1.54, 1.807) is 0 Å². The van der Waals surface area contributed by atoms with Crippen LogP contribution in [-0.4, -0.2) is 47.8 Å². The van der Waals surface area contributed by atoms with Crippen LogP contribution in [0.5, 0.6) is 0 Å². The monoisotopic (exact) mass is 330 g/mol. The minimum atomic E-state index is -4.87. The molecular weight excluding hydrogens is 309 g/mol. The van der Waals surface area contributed by atoms with Crippen molar-refractivity contribution in [1.82, 2.24) is 10.2 Å². The summed E-state index contributed by atoms with van der Waals surface area (Å²) in [6.45, 7) is 0.502. The molecule has 0 aromatic heterocycles. The van der Waals surface area contributed by atoms with Crippen molar-refractivity contribution >= 4 is 5.91 Å². The highest BCUT2D eigenvalue weighted by Crippen LogP contribution is 2.28. The van der Waals surface area contributed by atoms with Crippen molar-refractivity contribution in [2.24, 2.45) is 0 Å². The first-order valence-corrected chi connectivity index (χ1v) is 7.70. The van der Waals surface area contributed by atoms with Gasteiger partial charge in [0.2, 0.25) is 0 Å². The molecule has 1 aromatic carbocycles. The number of aliphatic hydroxyl groups excluding tert-OH is 1. The van der Waals surface area contributed by atoms with Crippen LogP contribution in [0.25, 0.3) is 0 Å². The van der Waals surface area contributed by atoms with Gasteiger partial charge in [-0.05, 0) is 24.9 Å². The van der Waals surface area contributed by atoms with E-state index in [1.807, 2.05) is 40.5 Å². The quantitative estimate of drug-likeness (QED) is 0.871. The number of carbonyl (C=O) groups is 1. The van der Waals surface area contributed by atoms with E-state index >= 15 is 0 Å². The summed E-state index contributed by atoms with van der Waals surface area (Å²) >= 11 is 0. The third-order valence-corrected chi connectivity index (χ3v) is 4.19. The van der Waals surface area contributed by atoms with Gasteiger partial charge < -0.3 is 10.4 Å². The van der Waals surface area contributed by atoms with Gasteiger partial charge >= 0.3 is 12.1 Å². The van der Waals surface area contributed by atoms with E-state index in [9.17, 15) is 23.1 Å². The number of benzene rings is 1. The molecule has 0 radical (unpaired) electrons. The molecule has 0 spiro atoms. The molecular formula is C16H21F3N2O2. The average molecular weight is 330 g/mol. The zero-order valence-electron chi connectivity index (χ0n) is 12.7. The van der Waals surface area contributed by atoms with E-state index in [0.717, 1.165) is 18.4 Å². The van der Waals surface area contributed by atoms with E-state index in [1.165, 1.54) is 0 Å². The van der Waals surface area contributed by atoms with Crippen LogP contribution in [0.15, 0.2) is 30.3 Å². The van der Waals surface area contributed by atoms with Gasteiger partial charge in [-0.1, -0.05) is 36.8 Å². The topological polar surface area (TPSA) is 52.6 Å². The molecule has 0 saturated carbocycles. The Bertz CT molecular complexity index is 508. The molecule has 1 aromatic rings. The van der Waals surface area contributed by atoms with Crippen molar-refractivity contribution in [3.8, 4) is 0 Å². The van der Waals surface area contributed by atoms with Crippen molar-refractivity contribution < 1.29 is 23.1 Å². The lowest BCUT2D eigenvalue weighted by Crippen LogP contribution is -2.50. The fraction of sp³-hybridized carbons (Fsp3) is 0.562. The van der Waals surface area contributed by atoms with Crippen LogP contribution >= 0.6 is 0 Å². The third-order valence-electron chi connectivity index (χ3n) is 4.19. The number of halogens is 3. The second-order valence-corrected chi connectivity index (χ2v) is 5.70. The first-order valence-electron chi connectivity index (χ1n) is 7.70. The molecule has 23 heavy (non-hydrogen) atoms. The van der Waals surface area contributed by atoms with Gasteiger partial charge in [-0.25, -0.2) is 0 Å². The van der Waals surface area contributed by atoms with Crippen LogP contribution in [0.2, 0.25) is 0 Å². The van der Waals surface area contributed by atoms with E-state index in [4.69, 9.17) is 0 Å². The Morgan fingerprint density at radius 1 is 1.30 bits per heavy atom. The van der Waals surface area contributed by atoms with E-state index < -0.39 is 12.1 Å². The lowest BCUT2D eigenvalue weighted by atomic mass is 9.96. The molecule has 4 nitrogen and oxygen atoms in total. The number of alkyl halides is 3. The summed E-state index contributed by atoms with van der Waals surface area (Å²) in [6.07, 6.45) is -2.35. The number of nitrogens with zero attached hydrogens (tertiary/aromatic N) is 1. The molecule has 1 saturated heterocycles. The van der Waals surface area contributed by atoms with Gasteiger partial charge in [0.1, 0.15) is 0 Å². The Kier molecular flexibility index (Phi) is 6.01. The van der Waals surface area contributed by atoms with Gasteiger partial charge in [-0.3, -0.25) is 9.69 Å². The Morgan fingerprint density at radius 3 is 2.61 bits per heavy atom. The van der Waals surface area contributed by atoms with Crippen molar-refractivity contribution in [3.63, 3.8) is 0 Å². The number of likely N-dealkylation sites (tertiary alicyclic amines) is 1. The SMILES string of the molecule is O=C(NCC1CCCCN1C(CO)c1ccccc1)C(F)(F)F. The fourth-order valence-corrected chi connectivity index (χ4v) is 3.04. The first-order chi connectivity index (χ1) is 10.9. The number of hydrogen-bond donors (Lipinski definition) is 2. The van der Waals surface area contributed by atoms with Crippen molar-refractivity contribution in [2.75, 3.05) is 19.7 Å². The lowest BCUT2D eigenvalue weighted by Gasteiger charge is -2.41. The molecule has 2 atom stereocenters. The normalized spacial score (nSPS) is 21.0. The highest BCUT2D eigenvalue weighted by molar-refractivity contribution is 5.81. The Balaban J connectivity index is 2.07. The van der Waals surface area contributed by atoms with Gasteiger partial charge in [-0.15, -0.1) is 0 Å². The predicted octanol–water partition coefficient (Wildman–Crippen LogP) is 2.25. The largest absolute Gasteiger partial charge is 0.471 e. The van der Waals surface area contributed by atoms with E-state index in [0.29, 0.717) is 13.0 Å². The maximum atomic E-state index is 12.3. The molecule has 0 bridgehead atoms. The molecule has 2 unspecified atom stereocenters. The fourth-order valence-electron chi connectivity index (χ4n) is 3.04. The summed E-state index contributed by atoms with van der Waals surface area (Å²) in [5, 5.41) is 11.7. The van der Waals surface area contributed by atoms with Crippen LogP contribution < -0.4 is 5.32 Å². The third kappa shape index (κ3) is 4.68. The predicted molar refractivity (Wildman–Crippen MR) is 79.7 cm³/mol. The van der Waals surface area contributed by atoms with Gasteiger partial charge in [0.25, 0.3) is 0 Å². The zero-order chi connectivity index (χ0) is 16.9. The molecule has 2 rings (SSSR count). The maximum Gasteiger partial charge on any atom is 0.471 e. The number of nitrogens with one attached hydrogen (secondary N) is 1. The zero-order valence-corrected chi connectivity index (χ0v) is 12.7. The number of aliphatic hydroxyl groups is 1. The minimum absolute atomic E-state index is 0.0678. The Morgan fingerprint density at radius 2 is 2.00 bits per heavy atom. The highest BCUT2D eigenvalue weighted by atomic mass is 19.4. The van der Waals surface area contributed by atoms with Crippen LogP contribution in [0.4, 0.5) is 13.2 Å². The molecule has 2 N–H and O–H groups in total. The molecule has 7 heteroatoms. The summed E-state index contributed by atoms with van der Waals surface area (Å²) in [7, 11) is 0. The van der Waals surface area contributed by atoms with Crippen LogP contribution in [0.3, 0.4) is 0 Å². The van der Waals surface area contributed by atoms with Gasteiger partial charge in [0.15, 0.2) is 0 Å². The number of amides is 1. The van der Waals surface area contributed by atoms with Crippen molar-refractivity contribution in [1.29, 1.82) is 0 Å². The standard InChI is InChI=1S/C16H21F3N2O2/c17-16(18,19)15(23)20-10-13-8-4-5-9-21(13)14(11-22)12-6-2-1-3-7-12/h1-3,6-7,13-14,22H,4-5,8-11H2,(H,20,23). The average Bonchev–Trinajstić information content (AvgIpc) is 2.54. The molecule has 0 aliphatic carbocycles. The van der Waals surface area contributed by atoms with Crippen LogP contribution in [-0.2, 0) is 4.79 Å². The van der Waals surface area contributed by atoms with Crippen LogP contribution in [0, 0.1) is 0 Å². The van der Waals surface area contributed by atoms with Gasteiger partial charge in [0, 0.05) is 12.6 Å². The minimum Gasteiger partial charge on any atom is -0.394 e. The lowest BCUT2D eigenvalue weighted by molar-refractivity contribution is -0.173. The molecule has 1 heterocycles. The second-order valence-electron chi connectivity index (χ2n) is 5.70. The highest BCUT2D eigenvalue weighted by Gasteiger charge is 2.39. The number of hydrogen-bond acceptors (Lipinski definition) is 3. The van der Waals surface area contributed by atoms with E-state index in [2.05, 4.69) is 0 Å². The molecule has 1 aliphatic heterocycles. The van der Waals surface area contributed by atoms with Gasteiger partial charge in [0.05, 0.1) is 12.6 Å². The summed E-state index contributed by atoms with van der Waals surface area (Å²) in [4.78, 5) is 13.0. The smallest absolute Gasteiger partial charge is 0.394 e. The van der Waals surface area contributed by atoms with E-state index in [-0.39, 0.29) is 25.2 Å². The summed E-state index contributed by atoms with van der Waals surface area (Å²) in [6, 6.07) is 8.89. The second kappa shape index (κ2) is 7.79. The Labute approximate surface area is 133 Å². The number of piperidine rings is 1. The number of carbonyl (C=O) groups excluding carboxylic acids is 1. The molecule has 128 valence electrons. The molecule has 1 aliphatic rings. The number of rotatable bonds is 5. The van der Waals surface area contributed by atoms with Gasteiger partial charge in [-0.2, -0.15) is 13.2 Å². The van der Waals surface area contributed by atoms with Crippen molar-refractivity contribution in [2.45, 2.75) is 37.5 Å². The van der Waals surface area contributed by atoms with Crippen molar-refractivity contribution in [3.05, 3.63) is 35.9 Å². The summed E-state index contributed by atoms with van der Waals surface area (Å²) in [5.41, 5.74) is 0.920. The van der Waals surface area contributed by atoms with Crippen LogP contribution in [0.1, 0.15) is 30.9 Å². The summed E-state index contributed by atoms with van der Waals surface area (Å²) in [5.74, 6) is -1.91. The summed E-state index contributed by atoms with van der Waals surface area (Å²) < 4.78 is 37.0. The Hall–Kier alpha value is -1.60. The molecule has 1 fully saturated rings. The maximum absolute atomic E-state index is 12.3. The first kappa shape index (κ1) is 17.7. The molecule has 1 amide bonds.